The highest BCUT2D eigenvalue weighted by atomic mass is 32.2. The number of hydrogen-bond acceptors (Lipinski definition) is 7. The SMILES string of the molecule is COc1cc(NS(=O)(=O)c2ccccc2[N+](=O)[O-])ccc1-c1ccc(C(=O)O)o1. The number of rotatable bonds is 7. The Bertz CT molecular complexity index is 1200. The minimum atomic E-state index is -4.25. The Hall–Kier alpha value is -3.86. The second-order valence-electron chi connectivity index (χ2n) is 5.71. The van der Waals surface area contributed by atoms with Gasteiger partial charge in [0.25, 0.3) is 15.7 Å². The lowest BCUT2D eigenvalue weighted by Crippen LogP contribution is -2.14. The normalized spacial score (nSPS) is 11.1. The summed E-state index contributed by atoms with van der Waals surface area (Å²) < 4.78 is 38.0. The molecule has 0 atom stereocenters. The second-order valence-corrected chi connectivity index (χ2v) is 7.37. The number of carboxylic acids is 1. The van der Waals surface area contributed by atoms with Crippen LogP contribution >= 0.6 is 0 Å². The standard InChI is InChI=1S/C18H14N2O8S/c1-27-16-10-11(6-7-12(16)14-8-9-15(28-14)18(21)22)19-29(25,26)17-5-3-2-4-13(17)20(23)24/h2-10,19H,1H3,(H,21,22). The van der Waals surface area contributed by atoms with Gasteiger partial charge in [0.15, 0.2) is 4.90 Å². The van der Waals surface area contributed by atoms with Crippen molar-refractivity contribution in [1.29, 1.82) is 0 Å². The summed E-state index contributed by atoms with van der Waals surface area (Å²) >= 11 is 0. The first-order valence-corrected chi connectivity index (χ1v) is 9.49. The fraction of sp³-hybridized carbons (Fsp3) is 0.0556. The third-order valence-corrected chi connectivity index (χ3v) is 5.32. The Morgan fingerprint density at radius 3 is 2.52 bits per heavy atom. The van der Waals surface area contributed by atoms with Gasteiger partial charge < -0.3 is 14.3 Å². The molecule has 1 heterocycles. The summed E-state index contributed by atoms with van der Waals surface area (Å²) in [5, 5.41) is 20.1. The molecule has 0 saturated heterocycles. The number of nitro groups is 1. The maximum Gasteiger partial charge on any atom is 0.371 e. The van der Waals surface area contributed by atoms with Crippen LogP contribution in [0.1, 0.15) is 10.6 Å². The van der Waals surface area contributed by atoms with Gasteiger partial charge in [-0.05, 0) is 30.3 Å². The van der Waals surface area contributed by atoms with Crippen molar-refractivity contribution in [1.82, 2.24) is 0 Å². The van der Waals surface area contributed by atoms with Gasteiger partial charge in [0, 0.05) is 12.1 Å². The monoisotopic (exact) mass is 418 g/mol. The molecule has 29 heavy (non-hydrogen) atoms. The van der Waals surface area contributed by atoms with Gasteiger partial charge in [-0.15, -0.1) is 0 Å². The van der Waals surface area contributed by atoms with E-state index in [2.05, 4.69) is 4.72 Å². The van der Waals surface area contributed by atoms with Gasteiger partial charge in [0.1, 0.15) is 11.5 Å². The average molecular weight is 418 g/mol. The first kappa shape index (κ1) is 19.9. The van der Waals surface area contributed by atoms with Crippen molar-refractivity contribution in [2.45, 2.75) is 4.90 Å². The molecule has 0 bridgehead atoms. The zero-order valence-electron chi connectivity index (χ0n) is 14.9. The lowest BCUT2D eigenvalue weighted by atomic mass is 10.1. The van der Waals surface area contributed by atoms with Crippen LogP contribution < -0.4 is 9.46 Å². The summed E-state index contributed by atoms with van der Waals surface area (Å²) in [6.07, 6.45) is 0. The maximum atomic E-state index is 12.6. The van der Waals surface area contributed by atoms with Gasteiger partial charge in [0.05, 0.1) is 23.3 Å². The molecule has 11 heteroatoms. The van der Waals surface area contributed by atoms with E-state index in [1.54, 1.807) is 0 Å². The molecule has 0 aliphatic heterocycles. The van der Waals surface area contributed by atoms with Crippen LogP contribution in [0, 0.1) is 10.1 Å². The van der Waals surface area contributed by atoms with Crippen LogP contribution in [0.4, 0.5) is 11.4 Å². The summed E-state index contributed by atoms with van der Waals surface area (Å²) in [5.41, 5.74) is -0.0669. The van der Waals surface area contributed by atoms with Crippen LogP contribution in [0.3, 0.4) is 0 Å². The lowest BCUT2D eigenvalue weighted by molar-refractivity contribution is -0.387. The fourth-order valence-electron chi connectivity index (χ4n) is 2.60. The van der Waals surface area contributed by atoms with E-state index in [4.69, 9.17) is 14.3 Å². The number of nitrogens with one attached hydrogen (secondary N) is 1. The number of benzene rings is 2. The third kappa shape index (κ3) is 4.04. The van der Waals surface area contributed by atoms with Crippen LogP contribution in [0.15, 0.2) is 63.9 Å². The van der Waals surface area contributed by atoms with E-state index in [0.717, 1.165) is 12.1 Å². The van der Waals surface area contributed by atoms with Gasteiger partial charge in [-0.25, -0.2) is 13.2 Å². The first-order chi connectivity index (χ1) is 13.7. The van der Waals surface area contributed by atoms with E-state index in [1.807, 2.05) is 0 Å². The molecule has 2 N–H and O–H groups in total. The quantitative estimate of drug-likeness (QED) is 0.438. The highest BCUT2D eigenvalue weighted by Crippen LogP contribution is 2.34. The fourth-order valence-corrected chi connectivity index (χ4v) is 3.82. The number of methoxy groups -OCH3 is 1. The number of nitrogens with zero attached hydrogens (tertiary/aromatic N) is 1. The molecule has 0 aliphatic carbocycles. The van der Waals surface area contributed by atoms with E-state index in [-0.39, 0.29) is 23.0 Å². The highest BCUT2D eigenvalue weighted by molar-refractivity contribution is 7.92. The predicted octanol–water partition coefficient (Wildman–Crippen LogP) is 3.36. The molecular formula is C18H14N2O8S. The summed E-state index contributed by atoms with van der Waals surface area (Å²) in [7, 11) is -2.90. The third-order valence-electron chi connectivity index (χ3n) is 3.89. The summed E-state index contributed by atoms with van der Waals surface area (Å²) in [6, 6.07) is 11.9. The number of furan rings is 1. The zero-order chi connectivity index (χ0) is 21.2. The van der Waals surface area contributed by atoms with Gasteiger partial charge in [-0.1, -0.05) is 12.1 Å². The number of carboxylic acid groups (broad SMARTS) is 1. The number of aromatic carboxylic acids is 1. The van der Waals surface area contributed by atoms with E-state index >= 15 is 0 Å². The predicted molar refractivity (Wildman–Crippen MR) is 102 cm³/mol. The Morgan fingerprint density at radius 2 is 1.90 bits per heavy atom. The minimum absolute atomic E-state index is 0.0914. The first-order valence-electron chi connectivity index (χ1n) is 8.00. The minimum Gasteiger partial charge on any atom is -0.496 e. The molecule has 0 radical (unpaired) electrons. The Balaban J connectivity index is 1.96. The van der Waals surface area contributed by atoms with Crippen LogP contribution in [0.2, 0.25) is 0 Å². The van der Waals surface area contributed by atoms with E-state index in [9.17, 15) is 23.3 Å². The number of sulfonamides is 1. The van der Waals surface area contributed by atoms with Crippen molar-refractivity contribution in [3.8, 4) is 17.1 Å². The maximum absolute atomic E-state index is 12.6. The van der Waals surface area contributed by atoms with Gasteiger partial charge in [-0.2, -0.15) is 0 Å². The summed E-state index contributed by atoms with van der Waals surface area (Å²) in [5.74, 6) is -1.07. The molecule has 150 valence electrons. The van der Waals surface area contributed by atoms with Crippen LogP contribution in [0.25, 0.3) is 11.3 Å². The van der Waals surface area contributed by atoms with Crippen molar-refractivity contribution in [3.63, 3.8) is 0 Å². The summed E-state index contributed by atoms with van der Waals surface area (Å²) in [4.78, 5) is 20.8. The largest absolute Gasteiger partial charge is 0.496 e. The average Bonchev–Trinajstić information content (AvgIpc) is 3.18. The molecular weight excluding hydrogens is 404 g/mol. The Labute approximate surface area is 164 Å². The molecule has 0 amide bonds. The number of ether oxygens (including phenoxy) is 1. The Kier molecular flexibility index (Phi) is 5.24. The van der Waals surface area contributed by atoms with Crippen LogP contribution in [0.5, 0.6) is 5.75 Å². The van der Waals surface area contributed by atoms with Crippen molar-refractivity contribution >= 4 is 27.4 Å². The zero-order valence-corrected chi connectivity index (χ0v) is 15.7. The molecule has 0 spiro atoms. The van der Waals surface area contributed by atoms with Crippen molar-refractivity contribution in [2.75, 3.05) is 11.8 Å². The van der Waals surface area contributed by atoms with E-state index in [1.165, 1.54) is 49.6 Å². The van der Waals surface area contributed by atoms with Gasteiger partial charge >= 0.3 is 5.97 Å². The molecule has 10 nitrogen and oxygen atoms in total. The van der Waals surface area contributed by atoms with Crippen LogP contribution in [-0.2, 0) is 10.0 Å². The van der Waals surface area contributed by atoms with Crippen molar-refractivity contribution in [3.05, 3.63) is 70.5 Å². The van der Waals surface area contributed by atoms with Crippen LogP contribution in [-0.4, -0.2) is 31.5 Å². The van der Waals surface area contributed by atoms with Crippen molar-refractivity contribution in [2.24, 2.45) is 0 Å². The number of nitro benzene ring substituents is 1. The molecule has 0 fully saturated rings. The molecule has 0 aliphatic rings. The van der Waals surface area contributed by atoms with Gasteiger partial charge in [-0.3, -0.25) is 14.8 Å². The summed E-state index contributed by atoms with van der Waals surface area (Å²) in [6.45, 7) is 0. The molecule has 0 unspecified atom stereocenters. The second kappa shape index (κ2) is 7.64. The smallest absolute Gasteiger partial charge is 0.371 e. The lowest BCUT2D eigenvalue weighted by Gasteiger charge is -2.12. The van der Waals surface area contributed by atoms with Crippen molar-refractivity contribution < 1.29 is 32.4 Å². The molecule has 3 aromatic rings. The number of hydrogen-bond donors (Lipinski definition) is 2. The van der Waals surface area contributed by atoms with E-state index in [0.29, 0.717) is 5.56 Å². The number of carbonyl (C=O) groups is 1. The molecule has 3 rings (SSSR count). The van der Waals surface area contributed by atoms with E-state index < -0.39 is 31.5 Å². The number of para-hydroxylation sites is 1. The topological polar surface area (TPSA) is 149 Å². The molecule has 2 aromatic carbocycles. The Morgan fingerprint density at radius 1 is 1.17 bits per heavy atom. The molecule has 1 aromatic heterocycles. The molecule has 0 saturated carbocycles. The van der Waals surface area contributed by atoms with Gasteiger partial charge in [0.2, 0.25) is 5.76 Å². The number of anilines is 1. The highest BCUT2D eigenvalue weighted by Gasteiger charge is 2.25.